The minimum Gasteiger partial charge on any atom is -0.370 e. The molecule has 1 aliphatic carbocycles. The van der Waals surface area contributed by atoms with Crippen molar-refractivity contribution in [2.24, 2.45) is 5.73 Å². The number of fused-ring (bicyclic) bond motifs is 1. The zero-order valence-corrected chi connectivity index (χ0v) is 11.2. The quantitative estimate of drug-likeness (QED) is 0.726. The Kier molecular flexibility index (Phi) is 5.36. The minimum absolute atomic E-state index is 0.00788. The molecular formula is C15H22N2O2. The number of hydrogen-bond donors (Lipinski definition) is 2. The van der Waals surface area contributed by atoms with Crippen LogP contribution in [0.25, 0.3) is 0 Å². The fraction of sp³-hybridized carbons (Fsp3) is 0.533. The lowest BCUT2D eigenvalue weighted by atomic mass is 9.83. The van der Waals surface area contributed by atoms with E-state index in [9.17, 15) is 4.79 Å². The van der Waals surface area contributed by atoms with Crippen molar-refractivity contribution in [1.29, 1.82) is 0 Å². The highest BCUT2D eigenvalue weighted by molar-refractivity contribution is 5.74. The van der Waals surface area contributed by atoms with Crippen molar-refractivity contribution in [1.82, 2.24) is 5.32 Å². The Balaban J connectivity index is 1.71. The third-order valence-corrected chi connectivity index (χ3v) is 3.55. The normalized spacial score (nSPS) is 18.0. The number of nitrogens with two attached hydrogens (primary N) is 1. The zero-order valence-electron chi connectivity index (χ0n) is 11.2. The lowest BCUT2D eigenvalue weighted by molar-refractivity contribution is -0.122. The number of hydrogen-bond acceptors (Lipinski definition) is 3. The fourth-order valence-electron chi connectivity index (χ4n) is 2.66. The molecule has 1 aliphatic rings. The van der Waals surface area contributed by atoms with Gasteiger partial charge < -0.3 is 15.8 Å². The number of aryl methyl sites for hydroxylation is 1. The summed E-state index contributed by atoms with van der Waals surface area (Å²) < 4.78 is 5.12. The number of ether oxygens (including phenoxy) is 1. The van der Waals surface area contributed by atoms with Crippen LogP contribution in [0.3, 0.4) is 0 Å². The van der Waals surface area contributed by atoms with Crippen LogP contribution < -0.4 is 11.1 Å². The Hall–Kier alpha value is -1.39. The second-order valence-electron chi connectivity index (χ2n) is 5.01. The first-order valence-corrected chi connectivity index (χ1v) is 6.92. The van der Waals surface area contributed by atoms with Crippen LogP contribution in [0.4, 0.5) is 0 Å². The maximum atomic E-state index is 10.5. The molecule has 0 radical (unpaired) electrons. The Morgan fingerprint density at radius 2 is 2.26 bits per heavy atom. The first kappa shape index (κ1) is 14.0. The first-order valence-electron chi connectivity index (χ1n) is 6.92. The highest BCUT2D eigenvalue weighted by Gasteiger charge is 2.18. The molecule has 19 heavy (non-hydrogen) atoms. The van der Waals surface area contributed by atoms with Crippen molar-refractivity contribution in [3.63, 3.8) is 0 Å². The van der Waals surface area contributed by atoms with Gasteiger partial charge in [0.05, 0.1) is 6.61 Å². The standard InChI is InChI=1S/C15H22N2O2/c16-15(18)11-19-9-8-17-10-13-6-3-5-12-4-1-2-7-14(12)13/h1-2,4,7,13,17H,3,5-6,8-11H2,(H2,16,18). The topological polar surface area (TPSA) is 64.4 Å². The Bertz CT molecular complexity index is 420. The predicted octanol–water partition coefficient (Wildman–Crippen LogP) is 1.20. The van der Waals surface area contributed by atoms with Gasteiger partial charge in [-0.2, -0.15) is 0 Å². The van der Waals surface area contributed by atoms with Gasteiger partial charge in [-0.25, -0.2) is 0 Å². The van der Waals surface area contributed by atoms with Crippen LogP contribution >= 0.6 is 0 Å². The van der Waals surface area contributed by atoms with Crippen LogP contribution in [-0.4, -0.2) is 32.2 Å². The van der Waals surface area contributed by atoms with Crippen LogP contribution in [0.15, 0.2) is 24.3 Å². The van der Waals surface area contributed by atoms with E-state index in [4.69, 9.17) is 10.5 Å². The molecule has 0 bridgehead atoms. The molecule has 104 valence electrons. The van der Waals surface area contributed by atoms with Crippen molar-refractivity contribution >= 4 is 5.91 Å². The molecule has 4 nitrogen and oxygen atoms in total. The smallest absolute Gasteiger partial charge is 0.243 e. The molecule has 0 fully saturated rings. The van der Waals surface area contributed by atoms with Crippen LogP contribution in [0.5, 0.6) is 0 Å². The molecule has 0 heterocycles. The van der Waals surface area contributed by atoms with E-state index < -0.39 is 5.91 Å². The largest absolute Gasteiger partial charge is 0.370 e. The molecule has 4 heteroatoms. The Morgan fingerprint density at radius 3 is 3.11 bits per heavy atom. The van der Waals surface area contributed by atoms with Gasteiger partial charge in [0.2, 0.25) is 5.91 Å². The van der Waals surface area contributed by atoms with Gasteiger partial charge in [0, 0.05) is 13.1 Å². The molecule has 1 unspecified atom stereocenters. The van der Waals surface area contributed by atoms with Gasteiger partial charge in [-0.3, -0.25) is 4.79 Å². The lowest BCUT2D eigenvalue weighted by Gasteiger charge is -2.25. The van der Waals surface area contributed by atoms with Gasteiger partial charge >= 0.3 is 0 Å². The number of amides is 1. The van der Waals surface area contributed by atoms with Crippen molar-refractivity contribution in [3.05, 3.63) is 35.4 Å². The number of benzene rings is 1. The van der Waals surface area contributed by atoms with E-state index in [2.05, 4.69) is 29.6 Å². The number of rotatable bonds is 7. The molecule has 1 aromatic carbocycles. The summed E-state index contributed by atoms with van der Waals surface area (Å²) in [5, 5.41) is 3.39. The number of nitrogens with one attached hydrogen (secondary N) is 1. The average molecular weight is 262 g/mol. The Labute approximate surface area is 114 Å². The van der Waals surface area contributed by atoms with E-state index in [1.54, 1.807) is 0 Å². The molecule has 1 amide bonds. The second kappa shape index (κ2) is 7.26. The van der Waals surface area contributed by atoms with Gasteiger partial charge in [0.25, 0.3) is 0 Å². The van der Waals surface area contributed by atoms with E-state index in [0.717, 1.165) is 13.1 Å². The maximum absolute atomic E-state index is 10.5. The highest BCUT2D eigenvalue weighted by Crippen LogP contribution is 2.30. The fourth-order valence-corrected chi connectivity index (χ4v) is 2.66. The third-order valence-electron chi connectivity index (χ3n) is 3.55. The molecule has 1 atom stereocenters. The van der Waals surface area contributed by atoms with E-state index in [-0.39, 0.29) is 6.61 Å². The van der Waals surface area contributed by atoms with Crippen molar-refractivity contribution in [2.45, 2.75) is 25.2 Å². The van der Waals surface area contributed by atoms with E-state index in [1.165, 1.54) is 30.4 Å². The molecular weight excluding hydrogens is 240 g/mol. The van der Waals surface area contributed by atoms with Gasteiger partial charge in [0.1, 0.15) is 6.61 Å². The van der Waals surface area contributed by atoms with Crippen molar-refractivity contribution in [2.75, 3.05) is 26.3 Å². The van der Waals surface area contributed by atoms with Crippen LogP contribution in [0.2, 0.25) is 0 Å². The highest BCUT2D eigenvalue weighted by atomic mass is 16.5. The monoisotopic (exact) mass is 262 g/mol. The molecule has 0 aromatic heterocycles. The molecule has 0 aliphatic heterocycles. The summed E-state index contributed by atoms with van der Waals surface area (Å²) in [5.74, 6) is 0.183. The van der Waals surface area contributed by atoms with E-state index in [1.807, 2.05) is 0 Å². The lowest BCUT2D eigenvalue weighted by Crippen LogP contribution is -2.28. The summed E-state index contributed by atoms with van der Waals surface area (Å²) in [6, 6.07) is 8.71. The molecule has 1 aromatic rings. The molecule has 0 saturated carbocycles. The van der Waals surface area contributed by atoms with Gasteiger partial charge in [-0.15, -0.1) is 0 Å². The molecule has 3 N–H and O–H groups in total. The predicted molar refractivity (Wildman–Crippen MR) is 75.0 cm³/mol. The SMILES string of the molecule is NC(=O)COCCNCC1CCCc2ccccc21. The second-order valence-corrected chi connectivity index (χ2v) is 5.01. The van der Waals surface area contributed by atoms with Crippen LogP contribution in [0.1, 0.15) is 29.9 Å². The summed E-state index contributed by atoms with van der Waals surface area (Å²) >= 11 is 0. The van der Waals surface area contributed by atoms with Gasteiger partial charge in [0.15, 0.2) is 0 Å². The van der Waals surface area contributed by atoms with Gasteiger partial charge in [-0.05, 0) is 36.3 Å². The summed E-state index contributed by atoms with van der Waals surface area (Å²) in [6.45, 7) is 2.26. The summed E-state index contributed by atoms with van der Waals surface area (Å²) in [6.07, 6.45) is 3.71. The molecule has 0 saturated heterocycles. The Morgan fingerprint density at radius 1 is 1.42 bits per heavy atom. The summed E-state index contributed by atoms with van der Waals surface area (Å²) in [4.78, 5) is 10.5. The number of primary amides is 1. The van der Waals surface area contributed by atoms with E-state index in [0.29, 0.717) is 12.5 Å². The number of carbonyl (C=O) groups excluding carboxylic acids is 1. The summed E-state index contributed by atoms with van der Waals surface area (Å²) in [5.41, 5.74) is 7.97. The van der Waals surface area contributed by atoms with Crippen molar-refractivity contribution in [3.8, 4) is 0 Å². The molecule has 2 rings (SSSR count). The van der Waals surface area contributed by atoms with Crippen molar-refractivity contribution < 1.29 is 9.53 Å². The molecule has 0 spiro atoms. The third kappa shape index (κ3) is 4.33. The van der Waals surface area contributed by atoms with Crippen LogP contribution in [0, 0.1) is 0 Å². The van der Waals surface area contributed by atoms with E-state index >= 15 is 0 Å². The van der Waals surface area contributed by atoms with Gasteiger partial charge in [-0.1, -0.05) is 24.3 Å². The average Bonchev–Trinajstić information content (AvgIpc) is 2.42. The summed E-state index contributed by atoms with van der Waals surface area (Å²) in [7, 11) is 0. The van der Waals surface area contributed by atoms with Crippen LogP contribution in [-0.2, 0) is 16.0 Å². The zero-order chi connectivity index (χ0) is 13.5. The number of carbonyl (C=O) groups is 1. The first-order chi connectivity index (χ1) is 9.27. The maximum Gasteiger partial charge on any atom is 0.243 e. The minimum atomic E-state index is -0.416.